The van der Waals surface area contributed by atoms with Crippen LogP contribution in [0.4, 0.5) is 25.2 Å². The number of allylic oxidation sites excluding steroid dienone is 2. The van der Waals surface area contributed by atoms with Crippen LogP contribution in [0.25, 0.3) is 5.70 Å². The second-order valence-corrected chi connectivity index (χ2v) is 7.55. The number of carbonyl (C=O) groups is 2. The standard InChI is InChI=1S/C15H18NO4.F6P/c1-19-14(17)12-7-6-11(10-13(12)15(18)20-2)16-8-4-3-5-9-16;1-7(2,3,4,5)6/h3-6,8-9,12-13H,7,10H2,1-2H3;/q+1;-1/t12-,13-;/m0./s1. The molecule has 0 saturated heterocycles. The SMILES string of the molecule is COC(=O)[C@H]1CC=C([n+]2ccccc2)C[C@@H]1C(=O)OC.F[P-](F)(F)(F)(F)F. The molecule has 0 fully saturated rings. The van der Waals surface area contributed by atoms with Crippen molar-refractivity contribution < 1.29 is 48.8 Å². The van der Waals surface area contributed by atoms with Crippen molar-refractivity contribution in [2.45, 2.75) is 12.8 Å². The van der Waals surface area contributed by atoms with Crippen molar-refractivity contribution in [1.29, 1.82) is 0 Å². The average molecular weight is 421 g/mol. The minimum atomic E-state index is -10.7. The summed E-state index contributed by atoms with van der Waals surface area (Å²) in [6, 6.07) is 5.76. The third-order valence-corrected chi connectivity index (χ3v) is 3.58. The van der Waals surface area contributed by atoms with E-state index in [1.165, 1.54) is 14.2 Å². The normalized spacial score (nSPS) is 22.1. The van der Waals surface area contributed by atoms with Crippen molar-refractivity contribution in [3.8, 4) is 0 Å². The Balaban J connectivity index is 0.000000445. The fraction of sp³-hybridized carbons (Fsp3) is 0.400. The molecule has 0 N–H and O–H groups in total. The molecule has 1 aliphatic rings. The first kappa shape index (κ1) is 22.9. The Bertz CT molecular complexity index is 709. The molecule has 2 atom stereocenters. The average Bonchev–Trinajstić information content (AvgIpc) is 2.58. The monoisotopic (exact) mass is 421 g/mol. The zero-order valence-electron chi connectivity index (χ0n) is 14.3. The van der Waals surface area contributed by atoms with Crippen LogP contribution in [-0.2, 0) is 19.1 Å². The van der Waals surface area contributed by atoms with E-state index in [2.05, 4.69) is 0 Å². The quantitative estimate of drug-likeness (QED) is 0.311. The van der Waals surface area contributed by atoms with Crippen LogP contribution in [0.2, 0.25) is 0 Å². The van der Waals surface area contributed by atoms with Gasteiger partial charge in [-0.05, 0) is 12.5 Å². The van der Waals surface area contributed by atoms with Gasteiger partial charge in [-0.1, -0.05) is 6.07 Å². The van der Waals surface area contributed by atoms with Gasteiger partial charge in [-0.25, -0.2) is 0 Å². The van der Waals surface area contributed by atoms with Crippen LogP contribution < -0.4 is 4.57 Å². The van der Waals surface area contributed by atoms with Crippen LogP contribution in [0.15, 0.2) is 36.7 Å². The molecule has 27 heavy (non-hydrogen) atoms. The van der Waals surface area contributed by atoms with Gasteiger partial charge in [0.05, 0.1) is 26.1 Å². The molecule has 0 spiro atoms. The molecule has 154 valence electrons. The van der Waals surface area contributed by atoms with E-state index in [-0.39, 0.29) is 11.9 Å². The molecule has 5 nitrogen and oxygen atoms in total. The number of aromatic nitrogens is 1. The maximum absolute atomic E-state index is 11.9. The number of rotatable bonds is 3. The van der Waals surface area contributed by atoms with Gasteiger partial charge in [0.2, 0.25) is 0 Å². The topological polar surface area (TPSA) is 56.5 Å². The van der Waals surface area contributed by atoms with Gasteiger partial charge in [-0.3, -0.25) is 9.59 Å². The second kappa shape index (κ2) is 7.46. The molecule has 1 aromatic rings. The van der Waals surface area contributed by atoms with Gasteiger partial charge in [0, 0.05) is 18.6 Å². The first-order valence-corrected chi connectivity index (χ1v) is 9.53. The number of halogens is 6. The number of hydrogen-bond acceptors (Lipinski definition) is 4. The van der Waals surface area contributed by atoms with E-state index in [0.29, 0.717) is 12.8 Å². The molecule has 1 aromatic heterocycles. The summed E-state index contributed by atoms with van der Waals surface area (Å²) in [7, 11) is -7.98. The Labute approximate surface area is 150 Å². The Morgan fingerprint density at radius 1 is 0.926 bits per heavy atom. The molecule has 1 heterocycles. The number of pyridine rings is 1. The van der Waals surface area contributed by atoms with E-state index in [1.807, 2.05) is 41.2 Å². The van der Waals surface area contributed by atoms with Crippen molar-refractivity contribution >= 4 is 25.4 Å². The number of hydrogen-bond donors (Lipinski definition) is 0. The van der Waals surface area contributed by atoms with E-state index in [1.54, 1.807) is 0 Å². The third-order valence-electron chi connectivity index (χ3n) is 3.58. The summed E-state index contributed by atoms with van der Waals surface area (Å²) in [5.74, 6) is -1.71. The molecule has 0 bridgehead atoms. The van der Waals surface area contributed by atoms with Gasteiger partial charge in [-0.15, -0.1) is 0 Å². The van der Waals surface area contributed by atoms with Crippen molar-refractivity contribution in [1.82, 2.24) is 0 Å². The summed E-state index contributed by atoms with van der Waals surface area (Å²) in [6.07, 6.45) is 6.74. The Kier molecular flexibility index (Phi) is 6.32. The van der Waals surface area contributed by atoms with Gasteiger partial charge in [0.15, 0.2) is 18.1 Å². The molecular formula is C15H18F6NO4P. The molecule has 1 aliphatic carbocycles. The van der Waals surface area contributed by atoms with Gasteiger partial charge in [-0.2, -0.15) is 4.57 Å². The van der Waals surface area contributed by atoms with Crippen LogP contribution in [0.1, 0.15) is 12.8 Å². The maximum atomic E-state index is 11.9. The van der Waals surface area contributed by atoms with Crippen molar-refractivity contribution in [3.05, 3.63) is 36.7 Å². The summed E-state index contributed by atoms with van der Waals surface area (Å²) in [5.41, 5.74) is 0.987. The minimum absolute atomic E-state index is 0.367. The number of nitrogens with zero attached hydrogens (tertiary/aromatic N) is 1. The fourth-order valence-electron chi connectivity index (χ4n) is 2.49. The second-order valence-electron chi connectivity index (χ2n) is 5.64. The van der Waals surface area contributed by atoms with Gasteiger partial charge < -0.3 is 9.47 Å². The zero-order valence-corrected chi connectivity index (χ0v) is 15.2. The molecule has 2 rings (SSSR count). The first-order valence-electron chi connectivity index (χ1n) is 7.50. The first-order chi connectivity index (χ1) is 12.1. The summed E-state index contributed by atoms with van der Waals surface area (Å²) in [5, 5.41) is 0. The van der Waals surface area contributed by atoms with Gasteiger partial charge in [0.1, 0.15) is 0 Å². The molecular weight excluding hydrogens is 403 g/mol. The fourth-order valence-corrected chi connectivity index (χ4v) is 2.49. The summed E-state index contributed by atoms with van der Waals surface area (Å²) in [4.78, 5) is 23.7. The van der Waals surface area contributed by atoms with Crippen LogP contribution >= 0.6 is 7.81 Å². The summed E-state index contributed by atoms with van der Waals surface area (Å²) >= 11 is 0. The molecule has 0 aliphatic heterocycles. The summed E-state index contributed by atoms with van der Waals surface area (Å²) < 4.78 is 70.7. The van der Waals surface area contributed by atoms with E-state index in [9.17, 15) is 34.8 Å². The molecule has 0 saturated carbocycles. The van der Waals surface area contributed by atoms with E-state index >= 15 is 0 Å². The van der Waals surface area contributed by atoms with Crippen LogP contribution in [0.5, 0.6) is 0 Å². The van der Waals surface area contributed by atoms with E-state index in [4.69, 9.17) is 9.47 Å². The zero-order chi connectivity index (χ0) is 20.9. The van der Waals surface area contributed by atoms with Crippen LogP contribution in [-0.4, -0.2) is 26.2 Å². The third kappa shape index (κ3) is 9.37. The Hall–Kier alpha value is -2.16. The van der Waals surface area contributed by atoms with Crippen molar-refractivity contribution in [3.63, 3.8) is 0 Å². The van der Waals surface area contributed by atoms with Crippen LogP contribution in [0, 0.1) is 11.8 Å². The number of ether oxygens (including phenoxy) is 2. The van der Waals surface area contributed by atoms with Crippen molar-refractivity contribution in [2.75, 3.05) is 14.2 Å². The predicted molar refractivity (Wildman–Crippen MR) is 84.7 cm³/mol. The Morgan fingerprint density at radius 3 is 1.81 bits per heavy atom. The Morgan fingerprint density at radius 2 is 1.37 bits per heavy atom. The van der Waals surface area contributed by atoms with E-state index < -0.39 is 19.6 Å². The molecule has 0 unspecified atom stereocenters. The van der Waals surface area contributed by atoms with Crippen LogP contribution in [0.3, 0.4) is 0 Å². The number of esters is 2. The number of carbonyl (C=O) groups excluding carboxylic acids is 2. The van der Waals surface area contributed by atoms with Gasteiger partial charge in [0.25, 0.3) is 0 Å². The molecule has 12 heteroatoms. The number of methoxy groups -OCH3 is 2. The van der Waals surface area contributed by atoms with E-state index in [0.717, 1.165) is 5.70 Å². The van der Waals surface area contributed by atoms with Gasteiger partial charge >= 0.3 is 44.9 Å². The predicted octanol–water partition coefficient (Wildman–Crippen LogP) is 4.57. The summed E-state index contributed by atoms with van der Waals surface area (Å²) in [6.45, 7) is 0. The van der Waals surface area contributed by atoms with Crippen molar-refractivity contribution in [2.24, 2.45) is 11.8 Å². The molecule has 0 aromatic carbocycles. The molecule has 0 amide bonds. The molecule has 0 radical (unpaired) electrons.